The maximum Gasteiger partial charge on any atom is 0.261 e. The third-order valence-corrected chi connectivity index (χ3v) is 7.36. The van der Waals surface area contributed by atoms with E-state index >= 15 is 0 Å². The molecule has 5 rings (SSSR count). The van der Waals surface area contributed by atoms with Crippen molar-refractivity contribution in [3.63, 3.8) is 0 Å². The molecule has 0 saturated carbocycles. The van der Waals surface area contributed by atoms with Crippen molar-refractivity contribution in [2.24, 2.45) is 0 Å². The molecule has 0 radical (unpaired) electrons. The zero-order valence-corrected chi connectivity index (χ0v) is 20.8. The molecule has 0 atom stereocenters. The van der Waals surface area contributed by atoms with Gasteiger partial charge >= 0.3 is 0 Å². The molecule has 0 aliphatic rings. The van der Waals surface area contributed by atoms with Crippen LogP contribution in [0.1, 0.15) is 6.92 Å². The van der Waals surface area contributed by atoms with Crippen LogP contribution < -0.4 is 16.4 Å². The highest BCUT2D eigenvalue weighted by atomic mass is 32.1. The van der Waals surface area contributed by atoms with Gasteiger partial charge in [-0.15, -0.1) is 11.3 Å². The summed E-state index contributed by atoms with van der Waals surface area (Å²) in [6, 6.07) is 15.8. The van der Waals surface area contributed by atoms with Crippen LogP contribution in [0, 0.1) is 0 Å². The molecule has 0 saturated heterocycles. The Bertz CT molecular complexity index is 1690. The molecule has 0 fully saturated rings. The quantitative estimate of drug-likeness (QED) is 0.135. The number of benzene rings is 3. The maximum atomic E-state index is 13.3. The number of hydrogen-bond acceptors (Lipinski definition) is 6. The number of hydrogen-bond donors (Lipinski definition) is 1. The van der Waals surface area contributed by atoms with E-state index in [0.717, 1.165) is 26.2 Å². The Kier molecular flexibility index (Phi) is 6.82. The summed E-state index contributed by atoms with van der Waals surface area (Å²) in [6.45, 7) is 7.01. The minimum absolute atomic E-state index is 0.161. The first-order chi connectivity index (χ1) is 17.5. The molecule has 0 aliphatic carbocycles. The van der Waals surface area contributed by atoms with Crippen LogP contribution in [0.4, 0.5) is 0 Å². The predicted octanol–water partition coefficient (Wildman–Crippen LogP) is 4.05. The Morgan fingerprint density at radius 3 is 2.25 bits per heavy atom. The second kappa shape index (κ2) is 10.2. The minimum Gasteiger partial charge on any atom is -0.377 e. The van der Waals surface area contributed by atoms with E-state index in [2.05, 4.69) is 24.0 Å². The van der Waals surface area contributed by atoms with Crippen LogP contribution in [0.25, 0.3) is 41.7 Å². The van der Waals surface area contributed by atoms with Crippen molar-refractivity contribution in [2.75, 3.05) is 33.0 Å². The highest BCUT2D eigenvalue weighted by molar-refractivity contribution is 7.25. The smallest absolute Gasteiger partial charge is 0.261 e. The van der Waals surface area contributed by atoms with Gasteiger partial charge in [0, 0.05) is 43.1 Å². The molecule has 5 aromatic rings. The van der Waals surface area contributed by atoms with Gasteiger partial charge in [-0.3, -0.25) is 19.0 Å². The SMILES string of the molecule is C=C(C)C(=O)NCCOCCOCCn1c(=O)c2ccc3sc4ccccc4c4ccc(c1=O)c2c34. The standard InChI is InChI=1S/C28H26N2O5S/c1-17(2)26(31)29-11-13-34-15-16-35-14-12-30-27(32)20-8-7-19-18-5-3-4-6-22(18)36-23-10-9-21(28(30)33)24(20)25(19)23/h3-10H,1,11-16H2,2H3,(H,29,31). The Morgan fingerprint density at radius 2 is 1.50 bits per heavy atom. The lowest BCUT2D eigenvalue weighted by molar-refractivity contribution is -0.117. The van der Waals surface area contributed by atoms with Crippen molar-refractivity contribution in [2.45, 2.75) is 13.5 Å². The average molecular weight is 503 g/mol. The number of aromatic nitrogens is 1. The topological polar surface area (TPSA) is 86.6 Å². The lowest BCUT2D eigenvalue weighted by Crippen LogP contribution is -2.34. The normalized spacial score (nSPS) is 11.7. The third-order valence-electron chi connectivity index (χ3n) is 6.22. The molecule has 184 valence electrons. The molecule has 0 aliphatic heterocycles. The van der Waals surface area contributed by atoms with Crippen LogP contribution in [0.15, 0.2) is 70.3 Å². The summed E-state index contributed by atoms with van der Waals surface area (Å²) in [5.74, 6) is -0.198. The van der Waals surface area contributed by atoms with Crippen LogP contribution >= 0.6 is 11.3 Å². The van der Waals surface area contributed by atoms with Crippen molar-refractivity contribution in [3.8, 4) is 0 Å². The molecule has 0 spiro atoms. The lowest BCUT2D eigenvalue weighted by atomic mass is 9.98. The van der Waals surface area contributed by atoms with Gasteiger partial charge in [0.2, 0.25) is 5.91 Å². The number of carbonyl (C=O) groups is 1. The summed E-state index contributed by atoms with van der Waals surface area (Å²) in [5.41, 5.74) is -0.145. The zero-order chi connectivity index (χ0) is 25.2. The van der Waals surface area contributed by atoms with Gasteiger partial charge in [-0.05, 0) is 42.0 Å². The van der Waals surface area contributed by atoms with Gasteiger partial charge < -0.3 is 14.8 Å². The summed E-state index contributed by atoms with van der Waals surface area (Å²) in [6.07, 6.45) is 0. The van der Waals surface area contributed by atoms with Gasteiger partial charge in [0.05, 0.1) is 33.0 Å². The van der Waals surface area contributed by atoms with E-state index in [9.17, 15) is 14.4 Å². The largest absolute Gasteiger partial charge is 0.377 e. The van der Waals surface area contributed by atoms with Crippen LogP contribution in [0.3, 0.4) is 0 Å². The fraction of sp³-hybridized carbons (Fsp3) is 0.250. The van der Waals surface area contributed by atoms with Crippen LogP contribution in [0.2, 0.25) is 0 Å². The van der Waals surface area contributed by atoms with E-state index in [1.165, 1.54) is 9.27 Å². The second-order valence-corrected chi connectivity index (χ2v) is 9.73. The molecule has 0 unspecified atom stereocenters. The number of amides is 1. The van der Waals surface area contributed by atoms with Crippen molar-refractivity contribution in [3.05, 3.63) is 81.4 Å². The Morgan fingerprint density at radius 1 is 0.833 bits per heavy atom. The number of fused-ring (bicyclic) bond motifs is 2. The molecule has 36 heavy (non-hydrogen) atoms. The van der Waals surface area contributed by atoms with E-state index in [-0.39, 0.29) is 30.2 Å². The van der Waals surface area contributed by atoms with E-state index in [1.54, 1.807) is 18.3 Å². The number of carbonyl (C=O) groups excluding carboxylic acids is 1. The summed E-state index contributed by atoms with van der Waals surface area (Å²) < 4.78 is 14.5. The Balaban J connectivity index is 1.31. The van der Waals surface area contributed by atoms with E-state index in [1.807, 2.05) is 36.4 Å². The molecule has 1 amide bonds. The average Bonchev–Trinajstić information content (AvgIpc) is 2.88. The van der Waals surface area contributed by atoms with Gasteiger partial charge in [-0.25, -0.2) is 0 Å². The van der Waals surface area contributed by atoms with Gasteiger partial charge in [-0.2, -0.15) is 0 Å². The van der Waals surface area contributed by atoms with Crippen LogP contribution in [-0.2, 0) is 20.8 Å². The van der Waals surface area contributed by atoms with E-state index < -0.39 is 0 Å². The van der Waals surface area contributed by atoms with Gasteiger partial charge in [0.1, 0.15) is 0 Å². The fourth-order valence-corrected chi connectivity index (χ4v) is 5.60. The minimum atomic E-state index is -0.298. The third kappa shape index (κ3) is 4.39. The summed E-state index contributed by atoms with van der Waals surface area (Å²) in [4.78, 5) is 38.0. The lowest BCUT2D eigenvalue weighted by Gasteiger charge is -2.14. The van der Waals surface area contributed by atoms with Crippen molar-refractivity contribution in [1.29, 1.82) is 0 Å². The molecule has 2 heterocycles. The van der Waals surface area contributed by atoms with Crippen molar-refractivity contribution >= 4 is 59.0 Å². The zero-order valence-electron chi connectivity index (χ0n) is 20.0. The van der Waals surface area contributed by atoms with Crippen LogP contribution in [-0.4, -0.2) is 43.4 Å². The molecule has 8 heteroatoms. The second-order valence-electron chi connectivity index (χ2n) is 8.64. The number of nitrogens with one attached hydrogen (secondary N) is 1. The number of ether oxygens (including phenoxy) is 2. The summed E-state index contributed by atoms with van der Waals surface area (Å²) >= 11 is 1.67. The van der Waals surface area contributed by atoms with Crippen molar-refractivity contribution in [1.82, 2.24) is 9.88 Å². The first kappa shape index (κ1) is 24.1. The molecule has 3 aromatic carbocycles. The Hall–Kier alpha value is -3.59. The van der Waals surface area contributed by atoms with Crippen LogP contribution in [0.5, 0.6) is 0 Å². The van der Waals surface area contributed by atoms with Gasteiger partial charge in [0.15, 0.2) is 0 Å². The predicted molar refractivity (Wildman–Crippen MR) is 146 cm³/mol. The molecule has 7 nitrogen and oxygen atoms in total. The van der Waals surface area contributed by atoms with E-state index in [4.69, 9.17) is 9.47 Å². The highest BCUT2D eigenvalue weighted by Gasteiger charge is 2.18. The molecule has 0 bridgehead atoms. The summed E-state index contributed by atoms with van der Waals surface area (Å²) in [5, 5.41) is 7.67. The first-order valence-electron chi connectivity index (χ1n) is 11.8. The first-order valence-corrected chi connectivity index (χ1v) is 12.6. The fourth-order valence-electron chi connectivity index (χ4n) is 4.48. The van der Waals surface area contributed by atoms with Gasteiger partial charge in [0.25, 0.3) is 11.1 Å². The number of nitrogens with zero attached hydrogens (tertiary/aromatic N) is 1. The van der Waals surface area contributed by atoms with Crippen molar-refractivity contribution < 1.29 is 14.3 Å². The molecule has 2 aromatic heterocycles. The summed E-state index contributed by atoms with van der Waals surface area (Å²) in [7, 11) is 0. The Labute approximate surface area is 210 Å². The maximum absolute atomic E-state index is 13.3. The number of rotatable bonds is 10. The number of pyridine rings is 1. The highest BCUT2D eigenvalue weighted by Crippen LogP contribution is 2.39. The van der Waals surface area contributed by atoms with E-state index in [0.29, 0.717) is 42.7 Å². The molecular formula is C28H26N2O5S. The molecular weight excluding hydrogens is 476 g/mol. The monoisotopic (exact) mass is 502 g/mol. The van der Waals surface area contributed by atoms with Gasteiger partial charge in [-0.1, -0.05) is 30.8 Å². The molecule has 1 N–H and O–H groups in total.